The first kappa shape index (κ1) is 40.1. The third-order valence-electron chi connectivity index (χ3n) is 12.3. The molecule has 4 heteroatoms. The Morgan fingerprint density at radius 3 is 1.12 bits per heavy atom. The van der Waals surface area contributed by atoms with Crippen LogP contribution in [0.1, 0.15) is 5.56 Å². The summed E-state index contributed by atoms with van der Waals surface area (Å²) in [6.45, 7) is 2.13. The Hall–Kier alpha value is -8.73. The maximum Gasteiger partial charge on any atom is 0.137 e. The normalized spacial score (nSPS) is 11.1. The first-order valence-electron chi connectivity index (χ1n) is 22.4. The van der Waals surface area contributed by atoms with Crippen LogP contribution in [0.15, 0.2) is 261 Å². The number of fused-ring (bicyclic) bond motifs is 1. The highest BCUT2D eigenvalue weighted by Gasteiger charge is 2.20. The number of imidazole rings is 1. The Morgan fingerprint density at radius 2 is 0.667 bits per heavy atom. The van der Waals surface area contributed by atoms with E-state index in [0.717, 1.165) is 73.4 Å². The Labute approximate surface area is 386 Å². The van der Waals surface area contributed by atoms with Crippen LogP contribution in [0, 0.1) is 6.92 Å². The van der Waals surface area contributed by atoms with E-state index in [4.69, 9.17) is 4.98 Å². The second kappa shape index (κ2) is 17.8. The molecule has 0 radical (unpaired) electrons. The number of benzene rings is 9. The third-order valence-corrected chi connectivity index (χ3v) is 12.3. The van der Waals surface area contributed by atoms with Gasteiger partial charge in [-0.05, 0) is 125 Å². The third kappa shape index (κ3) is 8.04. The minimum atomic E-state index is 0.915. The van der Waals surface area contributed by atoms with Crippen molar-refractivity contribution in [3.63, 3.8) is 0 Å². The predicted molar refractivity (Wildman–Crippen MR) is 276 cm³/mol. The monoisotopic (exact) mass is 846 g/mol. The summed E-state index contributed by atoms with van der Waals surface area (Å²) in [5.74, 6) is 0. The minimum Gasteiger partial charge on any atom is -0.311 e. The van der Waals surface area contributed by atoms with Gasteiger partial charge in [-0.2, -0.15) is 0 Å². The summed E-state index contributed by atoms with van der Waals surface area (Å²) < 4.78 is 2.19. The highest BCUT2D eigenvalue weighted by Crippen LogP contribution is 2.41. The van der Waals surface area contributed by atoms with E-state index < -0.39 is 0 Å². The van der Waals surface area contributed by atoms with Crippen LogP contribution in [0.5, 0.6) is 0 Å². The molecular formula is C62H46N4. The van der Waals surface area contributed by atoms with Crippen molar-refractivity contribution in [2.24, 2.45) is 0 Å². The SMILES string of the molecule is Cc1ccc(N(c2ccc(-c3ccc(N(c4ccc(-c5ccccc5)cc4)c4ccc(-c5ccccc5)cc4)cc3)cc2)c2cccc(-c3c(-c4ccccc4)nc4ccccn34)c2)cc1. The molecule has 0 amide bonds. The predicted octanol–water partition coefficient (Wildman–Crippen LogP) is 16.9. The standard InChI is InChI=1S/C62H46N4/c1-45-23-33-54(34-24-45)66(59-21-13-20-53(44-59)62-61(52-18-9-4-10-19-52)63-60-22-11-12-43-64(60)62)58-41-31-51(32-42-58)50-29-39-57(40-30-50)65(55-35-25-48(26-36-55)46-14-5-2-6-15-46)56-37-27-49(28-38-56)47-16-7-3-8-17-47/h2-44H,1H3. The van der Waals surface area contributed by atoms with Gasteiger partial charge in [0, 0.05) is 51.4 Å². The van der Waals surface area contributed by atoms with Crippen molar-refractivity contribution >= 4 is 39.8 Å². The van der Waals surface area contributed by atoms with Crippen molar-refractivity contribution in [1.82, 2.24) is 9.38 Å². The Morgan fingerprint density at radius 1 is 0.303 bits per heavy atom. The van der Waals surface area contributed by atoms with Gasteiger partial charge in [-0.3, -0.25) is 4.40 Å². The van der Waals surface area contributed by atoms with Crippen molar-refractivity contribution in [2.45, 2.75) is 6.92 Å². The lowest BCUT2D eigenvalue weighted by molar-refractivity contribution is 1.19. The zero-order valence-electron chi connectivity index (χ0n) is 36.6. The van der Waals surface area contributed by atoms with Gasteiger partial charge < -0.3 is 9.80 Å². The van der Waals surface area contributed by atoms with Crippen molar-refractivity contribution in [2.75, 3.05) is 9.80 Å². The summed E-state index contributed by atoms with van der Waals surface area (Å²) in [6.07, 6.45) is 2.10. The first-order chi connectivity index (χ1) is 32.6. The molecule has 0 saturated carbocycles. The highest BCUT2D eigenvalue weighted by atomic mass is 15.1. The molecule has 0 aliphatic heterocycles. The molecule has 2 heterocycles. The van der Waals surface area contributed by atoms with E-state index in [9.17, 15) is 0 Å². The van der Waals surface area contributed by atoms with E-state index >= 15 is 0 Å². The van der Waals surface area contributed by atoms with Gasteiger partial charge in [-0.15, -0.1) is 0 Å². The second-order valence-corrected chi connectivity index (χ2v) is 16.6. The number of pyridine rings is 1. The average molecular weight is 847 g/mol. The summed E-state index contributed by atoms with van der Waals surface area (Å²) in [7, 11) is 0. The van der Waals surface area contributed by atoms with E-state index in [1.807, 2.05) is 12.1 Å². The molecule has 0 atom stereocenters. The largest absolute Gasteiger partial charge is 0.311 e. The number of nitrogens with zero attached hydrogens (tertiary/aromatic N) is 4. The van der Waals surface area contributed by atoms with Crippen molar-refractivity contribution < 1.29 is 0 Å². The van der Waals surface area contributed by atoms with E-state index in [2.05, 4.69) is 270 Å². The van der Waals surface area contributed by atoms with Gasteiger partial charge >= 0.3 is 0 Å². The average Bonchev–Trinajstić information content (AvgIpc) is 3.79. The molecule has 0 N–H and O–H groups in total. The van der Waals surface area contributed by atoms with Gasteiger partial charge in [0.1, 0.15) is 5.65 Å². The summed E-state index contributed by atoms with van der Waals surface area (Å²) >= 11 is 0. The molecule has 0 spiro atoms. The molecule has 4 nitrogen and oxygen atoms in total. The van der Waals surface area contributed by atoms with Crippen molar-refractivity contribution in [3.8, 4) is 55.9 Å². The molecule has 11 aromatic rings. The number of hydrogen-bond acceptors (Lipinski definition) is 3. The molecule has 0 fully saturated rings. The fourth-order valence-electron chi connectivity index (χ4n) is 8.92. The zero-order valence-corrected chi connectivity index (χ0v) is 36.6. The topological polar surface area (TPSA) is 23.8 Å². The van der Waals surface area contributed by atoms with E-state index in [1.54, 1.807) is 0 Å². The van der Waals surface area contributed by atoms with E-state index in [0.29, 0.717) is 0 Å². The van der Waals surface area contributed by atoms with Gasteiger partial charge in [-0.25, -0.2) is 4.98 Å². The molecule has 0 saturated heterocycles. The van der Waals surface area contributed by atoms with Gasteiger partial charge in [0.2, 0.25) is 0 Å². The van der Waals surface area contributed by atoms with Crippen LogP contribution >= 0.6 is 0 Å². The number of hydrogen-bond donors (Lipinski definition) is 0. The molecule has 0 aliphatic carbocycles. The van der Waals surface area contributed by atoms with Crippen LogP contribution in [0.25, 0.3) is 61.5 Å². The maximum atomic E-state index is 5.12. The first-order valence-corrected chi connectivity index (χ1v) is 22.4. The lowest BCUT2D eigenvalue weighted by Crippen LogP contribution is -2.10. The fourth-order valence-corrected chi connectivity index (χ4v) is 8.92. The Bertz CT molecular complexity index is 3280. The quantitative estimate of drug-likeness (QED) is 0.130. The van der Waals surface area contributed by atoms with Crippen LogP contribution in [-0.4, -0.2) is 9.38 Å². The van der Waals surface area contributed by atoms with Crippen LogP contribution in [0.2, 0.25) is 0 Å². The molecule has 2 aromatic heterocycles. The molecule has 0 bridgehead atoms. The number of aryl methyl sites for hydroxylation is 1. The molecule has 66 heavy (non-hydrogen) atoms. The van der Waals surface area contributed by atoms with Crippen LogP contribution in [0.3, 0.4) is 0 Å². The summed E-state index contributed by atoms with van der Waals surface area (Å²) in [5.41, 5.74) is 19.9. The smallest absolute Gasteiger partial charge is 0.137 e. The highest BCUT2D eigenvalue weighted by molar-refractivity contribution is 5.87. The number of anilines is 6. The van der Waals surface area contributed by atoms with Crippen LogP contribution in [-0.2, 0) is 0 Å². The fraction of sp³-hybridized carbons (Fsp3) is 0.0161. The molecule has 314 valence electrons. The second-order valence-electron chi connectivity index (χ2n) is 16.6. The minimum absolute atomic E-state index is 0.915. The lowest BCUT2D eigenvalue weighted by Gasteiger charge is -2.27. The molecule has 11 rings (SSSR count). The Kier molecular flexibility index (Phi) is 10.8. The Balaban J connectivity index is 0.928. The van der Waals surface area contributed by atoms with E-state index in [1.165, 1.54) is 27.8 Å². The molecule has 0 unspecified atom stereocenters. The molecule has 0 aliphatic rings. The van der Waals surface area contributed by atoms with E-state index in [-0.39, 0.29) is 0 Å². The number of aromatic nitrogens is 2. The van der Waals surface area contributed by atoms with Crippen molar-refractivity contribution in [1.29, 1.82) is 0 Å². The van der Waals surface area contributed by atoms with Gasteiger partial charge in [0.05, 0.1) is 11.4 Å². The number of rotatable bonds is 11. The van der Waals surface area contributed by atoms with Gasteiger partial charge in [0.15, 0.2) is 0 Å². The summed E-state index contributed by atoms with van der Waals surface area (Å²) in [5, 5.41) is 0. The van der Waals surface area contributed by atoms with Gasteiger partial charge in [0.25, 0.3) is 0 Å². The molecule has 9 aromatic carbocycles. The zero-order chi connectivity index (χ0) is 44.2. The van der Waals surface area contributed by atoms with Crippen molar-refractivity contribution in [3.05, 3.63) is 267 Å². The maximum absolute atomic E-state index is 5.12. The summed E-state index contributed by atoms with van der Waals surface area (Å²) in [6, 6.07) is 90.9. The summed E-state index contributed by atoms with van der Waals surface area (Å²) in [4.78, 5) is 9.79. The molecular weight excluding hydrogens is 801 g/mol. The van der Waals surface area contributed by atoms with Crippen LogP contribution in [0.4, 0.5) is 34.1 Å². The van der Waals surface area contributed by atoms with Crippen LogP contribution < -0.4 is 9.80 Å². The van der Waals surface area contributed by atoms with Gasteiger partial charge in [-0.1, -0.05) is 175 Å². The lowest BCUT2D eigenvalue weighted by atomic mass is 10.0.